The molecule has 1 aliphatic rings. The van der Waals surface area contributed by atoms with E-state index < -0.39 is 0 Å². The molecule has 1 aliphatic heterocycles. The fraction of sp³-hybridized carbons (Fsp3) is 0.917. The molecule has 1 amide bonds. The van der Waals surface area contributed by atoms with Crippen molar-refractivity contribution in [3.63, 3.8) is 0 Å². The number of nitrogens with one attached hydrogen (secondary N) is 1. The summed E-state index contributed by atoms with van der Waals surface area (Å²) in [6.45, 7) is 8.12. The quantitative estimate of drug-likeness (QED) is 0.763. The molecule has 0 radical (unpaired) electrons. The van der Waals surface area contributed by atoms with Crippen molar-refractivity contribution >= 4 is 5.91 Å². The van der Waals surface area contributed by atoms with Gasteiger partial charge in [-0.05, 0) is 33.6 Å². The molecular formula is C12H24N2O2. The van der Waals surface area contributed by atoms with Crippen molar-refractivity contribution in [2.45, 2.75) is 45.3 Å². The van der Waals surface area contributed by atoms with E-state index in [0.29, 0.717) is 6.54 Å². The minimum atomic E-state index is -0.0727. The molecule has 1 fully saturated rings. The van der Waals surface area contributed by atoms with Crippen molar-refractivity contribution in [1.82, 2.24) is 10.2 Å². The maximum Gasteiger partial charge on any atom is 0.236 e. The first-order valence-corrected chi connectivity index (χ1v) is 6.05. The Hall–Kier alpha value is -0.610. The summed E-state index contributed by atoms with van der Waals surface area (Å²) in [5.41, 5.74) is -0.0727. The molecule has 1 rings (SSSR count). The van der Waals surface area contributed by atoms with Gasteiger partial charge >= 0.3 is 0 Å². The van der Waals surface area contributed by atoms with Gasteiger partial charge in [-0.15, -0.1) is 0 Å². The number of hydrogen-bond donors (Lipinski definition) is 1. The number of likely N-dealkylation sites (N-methyl/N-ethyl adjacent to an activating group) is 1. The van der Waals surface area contributed by atoms with Gasteiger partial charge in [0.1, 0.15) is 0 Å². The summed E-state index contributed by atoms with van der Waals surface area (Å²) in [6.07, 6.45) is 2.20. The van der Waals surface area contributed by atoms with Crippen molar-refractivity contribution in [3.8, 4) is 0 Å². The second kappa shape index (κ2) is 5.64. The molecule has 0 aromatic rings. The molecule has 4 heteroatoms. The highest BCUT2D eigenvalue weighted by molar-refractivity contribution is 5.78. The monoisotopic (exact) mass is 228 g/mol. The van der Waals surface area contributed by atoms with E-state index in [1.807, 2.05) is 20.9 Å². The minimum absolute atomic E-state index is 0.0727. The summed E-state index contributed by atoms with van der Waals surface area (Å²) < 4.78 is 5.64. The van der Waals surface area contributed by atoms with E-state index in [1.165, 1.54) is 0 Å². The summed E-state index contributed by atoms with van der Waals surface area (Å²) in [5.74, 6) is 0.136. The fourth-order valence-electron chi connectivity index (χ4n) is 1.82. The Labute approximate surface area is 98.3 Å². The highest BCUT2D eigenvalue weighted by Gasteiger charge is 2.29. The zero-order valence-corrected chi connectivity index (χ0v) is 10.9. The van der Waals surface area contributed by atoms with Gasteiger partial charge in [-0.2, -0.15) is 0 Å². The molecule has 0 aromatic heterocycles. The van der Waals surface area contributed by atoms with Crippen LogP contribution in [0, 0.1) is 0 Å². The third-order valence-corrected chi connectivity index (χ3v) is 3.24. The SMILES string of the molecule is CC(C)N(C)C(=O)CNCC1(C)CCCO1. The van der Waals surface area contributed by atoms with E-state index in [2.05, 4.69) is 12.2 Å². The Morgan fingerprint density at radius 3 is 2.75 bits per heavy atom. The lowest BCUT2D eigenvalue weighted by Crippen LogP contribution is -2.44. The van der Waals surface area contributed by atoms with E-state index in [0.717, 1.165) is 26.0 Å². The molecule has 16 heavy (non-hydrogen) atoms. The molecule has 94 valence electrons. The van der Waals surface area contributed by atoms with Crippen molar-refractivity contribution in [2.24, 2.45) is 0 Å². The summed E-state index contributed by atoms with van der Waals surface area (Å²) in [5, 5.41) is 3.19. The van der Waals surface area contributed by atoms with Crippen LogP contribution in [0.25, 0.3) is 0 Å². The topological polar surface area (TPSA) is 41.6 Å². The highest BCUT2D eigenvalue weighted by atomic mass is 16.5. The largest absolute Gasteiger partial charge is 0.374 e. The molecule has 4 nitrogen and oxygen atoms in total. The number of carbonyl (C=O) groups excluding carboxylic acids is 1. The van der Waals surface area contributed by atoms with Gasteiger partial charge in [-0.25, -0.2) is 0 Å². The van der Waals surface area contributed by atoms with E-state index >= 15 is 0 Å². The Morgan fingerprint density at radius 1 is 1.56 bits per heavy atom. The van der Waals surface area contributed by atoms with Crippen LogP contribution in [0.5, 0.6) is 0 Å². The van der Waals surface area contributed by atoms with Crippen LogP contribution < -0.4 is 5.32 Å². The summed E-state index contributed by atoms with van der Waals surface area (Å²) >= 11 is 0. The van der Waals surface area contributed by atoms with Crippen molar-refractivity contribution in [2.75, 3.05) is 26.7 Å². The van der Waals surface area contributed by atoms with E-state index in [9.17, 15) is 4.79 Å². The van der Waals surface area contributed by atoms with Gasteiger partial charge in [0.15, 0.2) is 0 Å². The van der Waals surface area contributed by atoms with Crippen LogP contribution in [-0.2, 0) is 9.53 Å². The van der Waals surface area contributed by atoms with Crippen LogP contribution in [0.3, 0.4) is 0 Å². The Kier molecular flexibility index (Phi) is 4.74. The Bertz CT molecular complexity index is 235. The first-order chi connectivity index (χ1) is 7.44. The molecular weight excluding hydrogens is 204 g/mol. The summed E-state index contributed by atoms with van der Waals surface area (Å²) in [6, 6.07) is 0.257. The third-order valence-electron chi connectivity index (χ3n) is 3.24. The van der Waals surface area contributed by atoms with Gasteiger partial charge in [-0.3, -0.25) is 4.79 Å². The van der Waals surface area contributed by atoms with E-state index in [-0.39, 0.29) is 17.6 Å². The van der Waals surface area contributed by atoms with Crippen LogP contribution in [0.2, 0.25) is 0 Å². The summed E-state index contributed by atoms with van der Waals surface area (Å²) in [7, 11) is 1.84. The molecule has 0 saturated carbocycles. The van der Waals surface area contributed by atoms with Crippen molar-refractivity contribution in [3.05, 3.63) is 0 Å². The number of nitrogens with zero attached hydrogens (tertiary/aromatic N) is 1. The van der Waals surface area contributed by atoms with Gasteiger partial charge in [-0.1, -0.05) is 0 Å². The molecule has 1 heterocycles. The zero-order valence-electron chi connectivity index (χ0n) is 10.9. The van der Waals surface area contributed by atoms with Crippen LogP contribution in [0.15, 0.2) is 0 Å². The molecule has 0 bridgehead atoms. The first-order valence-electron chi connectivity index (χ1n) is 6.05. The molecule has 1 unspecified atom stereocenters. The first kappa shape index (κ1) is 13.5. The number of amides is 1. The van der Waals surface area contributed by atoms with Crippen LogP contribution >= 0.6 is 0 Å². The second-order valence-corrected chi connectivity index (χ2v) is 5.10. The second-order valence-electron chi connectivity index (χ2n) is 5.10. The molecule has 0 aliphatic carbocycles. The number of ether oxygens (including phenoxy) is 1. The number of rotatable bonds is 5. The average molecular weight is 228 g/mol. The van der Waals surface area contributed by atoms with E-state index in [1.54, 1.807) is 4.90 Å². The number of carbonyl (C=O) groups is 1. The van der Waals surface area contributed by atoms with Gasteiger partial charge in [0.05, 0.1) is 12.1 Å². The van der Waals surface area contributed by atoms with Crippen LogP contribution in [-0.4, -0.2) is 49.2 Å². The average Bonchev–Trinajstić information content (AvgIpc) is 2.64. The number of hydrogen-bond acceptors (Lipinski definition) is 3. The van der Waals surface area contributed by atoms with Crippen LogP contribution in [0.1, 0.15) is 33.6 Å². The maximum atomic E-state index is 11.7. The highest BCUT2D eigenvalue weighted by Crippen LogP contribution is 2.23. The molecule has 1 N–H and O–H groups in total. The minimum Gasteiger partial charge on any atom is -0.374 e. The molecule has 1 atom stereocenters. The van der Waals surface area contributed by atoms with Gasteiger partial charge in [0.2, 0.25) is 5.91 Å². The smallest absolute Gasteiger partial charge is 0.236 e. The lowest BCUT2D eigenvalue weighted by atomic mass is 10.0. The third kappa shape index (κ3) is 3.76. The molecule has 0 aromatic carbocycles. The molecule has 1 saturated heterocycles. The summed E-state index contributed by atoms with van der Waals surface area (Å²) in [4.78, 5) is 13.4. The Morgan fingerprint density at radius 2 is 2.25 bits per heavy atom. The lowest BCUT2D eigenvalue weighted by molar-refractivity contribution is -0.130. The zero-order chi connectivity index (χ0) is 12.2. The van der Waals surface area contributed by atoms with E-state index in [4.69, 9.17) is 4.74 Å². The normalized spacial score (nSPS) is 25.1. The van der Waals surface area contributed by atoms with Crippen LogP contribution in [0.4, 0.5) is 0 Å². The van der Waals surface area contributed by atoms with Crippen molar-refractivity contribution < 1.29 is 9.53 Å². The van der Waals surface area contributed by atoms with Gasteiger partial charge < -0.3 is 15.0 Å². The van der Waals surface area contributed by atoms with Gasteiger partial charge in [0, 0.05) is 26.2 Å². The van der Waals surface area contributed by atoms with Crippen molar-refractivity contribution in [1.29, 1.82) is 0 Å². The molecule has 0 spiro atoms. The van der Waals surface area contributed by atoms with Gasteiger partial charge in [0.25, 0.3) is 0 Å². The Balaban J connectivity index is 2.22. The predicted molar refractivity (Wildman–Crippen MR) is 64.4 cm³/mol. The fourth-order valence-corrected chi connectivity index (χ4v) is 1.82. The lowest BCUT2D eigenvalue weighted by Gasteiger charge is -2.25. The predicted octanol–water partition coefficient (Wildman–Crippen LogP) is 1.01. The maximum absolute atomic E-state index is 11.7. The standard InChI is InChI=1S/C12H24N2O2/c1-10(2)14(4)11(15)8-13-9-12(3)6-5-7-16-12/h10,13H,5-9H2,1-4H3.